The molecule has 14 heteroatoms. The van der Waals surface area contributed by atoms with Gasteiger partial charge in [0.15, 0.2) is 6.10 Å². The van der Waals surface area contributed by atoms with Crippen molar-refractivity contribution in [2.75, 3.05) is 0 Å². The quantitative estimate of drug-likeness (QED) is 0.159. The number of carbonyl (C=O) groups excluding carboxylic acids is 5. The second kappa shape index (κ2) is 16.4. The maximum absolute atomic E-state index is 13.9. The molecule has 0 aromatic heterocycles. The number of halogens is 3. The number of aliphatic hydroxyl groups is 1. The number of primary amides is 2. The number of hydrogen-bond acceptors (Lipinski definition) is 6. The highest BCUT2D eigenvalue weighted by Gasteiger charge is 2.45. The van der Waals surface area contributed by atoms with Crippen LogP contribution in [0.2, 0.25) is 0 Å². The molecule has 0 heterocycles. The van der Waals surface area contributed by atoms with Crippen molar-refractivity contribution in [3.05, 3.63) is 71.3 Å². The molecule has 2 rings (SSSR count). The van der Waals surface area contributed by atoms with Gasteiger partial charge in [0.25, 0.3) is 0 Å². The Balaban J connectivity index is 2.32. The van der Waals surface area contributed by atoms with Crippen LogP contribution in [0, 0.1) is 11.8 Å². The molecule has 0 aliphatic heterocycles. The van der Waals surface area contributed by atoms with Gasteiger partial charge in [-0.25, -0.2) is 0 Å². The monoisotopic (exact) mass is 663 g/mol. The van der Waals surface area contributed by atoms with Gasteiger partial charge in [0.2, 0.25) is 29.5 Å². The first-order valence-corrected chi connectivity index (χ1v) is 15.1. The van der Waals surface area contributed by atoms with E-state index in [-0.39, 0.29) is 12.3 Å². The van der Waals surface area contributed by atoms with E-state index < -0.39 is 84.1 Å². The lowest BCUT2D eigenvalue weighted by Gasteiger charge is -2.37. The average Bonchev–Trinajstić information content (AvgIpc) is 2.98. The van der Waals surface area contributed by atoms with E-state index in [1.165, 1.54) is 6.92 Å². The Bertz CT molecular complexity index is 1400. The van der Waals surface area contributed by atoms with Crippen molar-refractivity contribution in [3.8, 4) is 0 Å². The highest BCUT2D eigenvalue weighted by atomic mass is 19.4. The van der Waals surface area contributed by atoms with Gasteiger partial charge in [-0.2, -0.15) is 13.2 Å². The number of benzene rings is 2. The summed E-state index contributed by atoms with van der Waals surface area (Å²) < 4.78 is 39.7. The van der Waals surface area contributed by atoms with Crippen LogP contribution in [0.25, 0.3) is 0 Å². The maximum Gasteiger partial charge on any atom is 0.416 e. The molecule has 8 N–H and O–H groups in total. The topological polar surface area (TPSA) is 194 Å². The fourth-order valence-electron chi connectivity index (χ4n) is 5.55. The zero-order valence-electron chi connectivity index (χ0n) is 27.1. The lowest BCUT2D eigenvalue weighted by atomic mass is 9.68. The van der Waals surface area contributed by atoms with E-state index >= 15 is 0 Å². The lowest BCUT2D eigenvalue weighted by molar-refractivity contribution is -0.212. The third kappa shape index (κ3) is 11.1. The largest absolute Gasteiger partial charge is 0.416 e. The van der Waals surface area contributed by atoms with Gasteiger partial charge >= 0.3 is 6.18 Å². The summed E-state index contributed by atoms with van der Waals surface area (Å²) in [6.45, 7) is 8.66. The molecular weight excluding hydrogens is 619 g/mol. The summed E-state index contributed by atoms with van der Waals surface area (Å²) in [7, 11) is 0. The molecule has 2 aromatic carbocycles. The van der Waals surface area contributed by atoms with Crippen molar-refractivity contribution in [1.29, 1.82) is 0 Å². The molecule has 0 saturated heterocycles. The van der Waals surface area contributed by atoms with Crippen molar-refractivity contribution in [1.82, 2.24) is 16.0 Å². The molecule has 0 aliphatic carbocycles. The predicted molar refractivity (Wildman–Crippen MR) is 168 cm³/mol. The van der Waals surface area contributed by atoms with Crippen LogP contribution in [-0.2, 0) is 31.0 Å². The van der Waals surface area contributed by atoms with E-state index in [1.54, 1.807) is 54.6 Å². The summed E-state index contributed by atoms with van der Waals surface area (Å²) in [5.41, 5.74) is 11.4. The average molecular weight is 664 g/mol. The van der Waals surface area contributed by atoms with Crippen LogP contribution in [-0.4, -0.2) is 65.0 Å². The predicted octanol–water partition coefficient (Wildman–Crippen LogP) is 2.24. The SMILES string of the molecule is CC(C)[C@H](C(=O)N[C@@H](Cc1ccccc1)C(=O)N[C@@H](C)C(=O)NC(CCC(N)=O)C(O)C(F)(F)F)C(C)(C)c1ccc(C(N)=O)cc1. The molecule has 2 aromatic rings. The van der Waals surface area contributed by atoms with E-state index in [1.807, 2.05) is 33.0 Å². The van der Waals surface area contributed by atoms with Gasteiger partial charge in [-0.1, -0.05) is 70.2 Å². The first-order chi connectivity index (χ1) is 21.7. The molecule has 2 unspecified atom stereocenters. The number of amides is 5. The van der Waals surface area contributed by atoms with E-state index in [4.69, 9.17) is 11.5 Å². The third-order valence-electron chi connectivity index (χ3n) is 8.05. The summed E-state index contributed by atoms with van der Waals surface area (Å²) in [5, 5.41) is 17.1. The number of aliphatic hydroxyl groups excluding tert-OH is 1. The molecule has 0 saturated carbocycles. The molecule has 5 amide bonds. The zero-order chi connectivity index (χ0) is 35.7. The first-order valence-electron chi connectivity index (χ1n) is 15.1. The maximum atomic E-state index is 13.9. The second-order valence-electron chi connectivity index (χ2n) is 12.5. The number of carbonyl (C=O) groups is 5. The highest BCUT2D eigenvalue weighted by molar-refractivity contribution is 5.94. The van der Waals surface area contributed by atoms with Gasteiger partial charge in [0.05, 0.1) is 6.04 Å². The summed E-state index contributed by atoms with van der Waals surface area (Å²) in [5.74, 6) is -4.71. The van der Waals surface area contributed by atoms with Gasteiger partial charge in [0.1, 0.15) is 12.1 Å². The molecular formula is C33H44F3N5O6. The minimum atomic E-state index is -5.10. The molecule has 0 spiro atoms. The van der Waals surface area contributed by atoms with Crippen molar-refractivity contribution >= 4 is 29.5 Å². The minimum Gasteiger partial charge on any atom is -0.382 e. The van der Waals surface area contributed by atoms with Crippen LogP contribution >= 0.6 is 0 Å². The normalized spacial score (nSPS) is 15.1. The molecule has 5 atom stereocenters. The smallest absolute Gasteiger partial charge is 0.382 e. The number of nitrogens with one attached hydrogen (secondary N) is 3. The third-order valence-corrected chi connectivity index (χ3v) is 8.05. The Morgan fingerprint density at radius 3 is 1.87 bits per heavy atom. The van der Waals surface area contributed by atoms with E-state index in [2.05, 4.69) is 10.6 Å². The van der Waals surface area contributed by atoms with Crippen molar-refractivity contribution in [2.24, 2.45) is 23.3 Å². The Kier molecular flexibility index (Phi) is 13.5. The van der Waals surface area contributed by atoms with Crippen LogP contribution < -0.4 is 27.4 Å². The Morgan fingerprint density at radius 2 is 1.38 bits per heavy atom. The standard InChI is InChI=1S/C33H44F3N5O6/c1-18(2)26(32(4,5)22-13-11-21(12-14-22)28(38)44)31(47)41-24(17-20-9-7-6-8-10-20)30(46)39-19(3)29(45)40-23(15-16-25(37)42)27(43)33(34,35)36/h6-14,18-19,23-24,26-27,43H,15-17H2,1-5H3,(H2,37,42)(H2,38,44)(H,39,46)(H,40,45)(H,41,47)/t19-,23?,24-,26+,27?/m0/s1. The van der Waals surface area contributed by atoms with Crippen LogP contribution in [0.3, 0.4) is 0 Å². The lowest BCUT2D eigenvalue weighted by Crippen LogP contribution is -2.58. The molecule has 0 fully saturated rings. The van der Waals surface area contributed by atoms with E-state index in [0.717, 1.165) is 5.56 Å². The number of alkyl halides is 3. The molecule has 0 radical (unpaired) electrons. The van der Waals surface area contributed by atoms with E-state index in [9.17, 15) is 42.3 Å². The Hall–Kier alpha value is -4.46. The Morgan fingerprint density at radius 1 is 0.809 bits per heavy atom. The van der Waals surface area contributed by atoms with Crippen molar-refractivity contribution < 1.29 is 42.3 Å². The summed E-state index contributed by atoms with van der Waals surface area (Å²) >= 11 is 0. The van der Waals surface area contributed by atoms with Crippen LogP contribution in [0.5, 0.6) is 0 Å². The molecule has 0 aliphatic rings. The minimum absolute atomic E-state index is 0.0271. The summed E-state index contributed by atoms with van der Waals surface area (Å²) in [4.78, 5) is 63.1. The second-order valence-corrected chi connectivity index (χ2v) is 12.5. The van der Waals surface area contributed by atoms with E-state index in [0.29, 0.717) is 11.1 Å². The summed E-state index contributed by atoms with van der Waals surface area (Å²) in [6, 6.07) is 10.8. The van der Waals surface area contributed by atoms with Crippen LogP contribution in [0.15, 0.2) is 54.6 Å². The van der Waals surface area contributed by atoms with Gasteiger partial charge in [-0.05, 0) is 42.5 Å². The molecule has 258 valence electrons. The van der Waals surface area contributed by atoms with Gasteiger partial charge in [0, 0.05) is 29.7 Å². The number of rotatable bonds is 16. The van der Waals surface area contributed by atoms with Gasteiger partial charge in [-0.3, -0.25) is 24.0 Å². The number of nitrogens with two attached hydrogens (primary N) is 2. The van der Waals surface area contributed by atoms with Crippen LogP contribution in [0.1, 0.15) is 68.9 Å². The van der Waals surface area contributed by atoms with Crippen LogP contribution in [0.4, 0.5) is 13.2 Å². The van der Waals surface area contributed by atoms with Crippen molar-refractivity contribution in [2.45, 2.75) is 89.7 Å². The highest BCUT2D eigenvalue weighted by Crippen LogP contribution is 2.37. The molecule has 0 bridgehead atoms. The first kappa shape index (κ1) is 38.7. The van der Waals surface area contributed by atoms with Gasteiger partial charge < -0.3 is 32.5 Å². The summed E-state index contributed by atoms with van der Waals surface area (Å²) in [6.07, 6.45) is -9.18. The fourth-order valence-corrected chi connectivity index (χ4v) is 5.55. The Labute approximate surface area is 272 Å². The molecule has 47 heavy (non-hydrogen) atoms. The van der Waals surface area contributed by atoms with Crippen molar-refractivity contribution in [3.63, 3.8) is 0 Å². The fraction of sp³-hybridized carbons (Fsp3) is 0.485. The number of hydrogen-bond donors (Lipinski definition) is 6. The zero-order valence-corrected chi connectivity index (χ0v) is 27.1. The van der Waals surface area contributed by atoms with Gasteiger partial charge in [-0.15, -0.1) is 0 Å². The molecule has 11 nitrogen and oxygen atoms in total.